The predicted molar refractivity (Wildman–Crippen MR) is 73.2 cm³/mol. The fourth-order valence-electron chi connectivity index (χ4n) is 2.53. The maximum Gasteiger partial charge on any atom is 0.0596 e. The van der Waals surface area contributed by atoms with Gasteiger partial charge >= 0.3 is 0 Å². The molecule has 0 radical (unpaired) electrons. The largest absolute Gasteiger partial charge is 0.319 e. The lowest BCUT2D eigenvalue weighted by atomic mass is 9.92. The number of hydrogen-bond acceptors (Lipinski definition) is 2. The number of rotatable bonds is 7. The molecule has 1 aromatic heterocycles. The highest BCUT2D eigenvalue weighted by Crippen LogP contribution is 2.17. The monoisotopic (exact) mass is 237 g/mol. The summed E-state index contributed by atoms with van der Waals surface area (Å²) in [7, 11) is 2.04. The zero-order valence-electron chi connectivity index (χ0n) is 12.0. The average molecular weight is 237 g/mol. The third-order valence-corrected chi connectivity index (χ3v) is 3.08. The lowest BCUT2D eigenvalue weighted by Crippen LogP contribution is -2.23. The molecule has 1 atom stereocenters. The fraction of sp³-hybridized carbons (Fsp3) is 0.786. The van der Waals surface area contributed by atoms with E-state index in [0.717, 1.165) is 31.1 Å². The van der Waals surface area contributed by atoms with Crippen molar-refractivity contribution < 1.29 is 0 Å². The molecule has 17 heavy (non-hydrogen) atoms. The number of nitrogens with zero attached hydrogens (tertiary/aromatic N) is 2. The molecule has 0 aliphatic heterocycles. The van der Waals surface area contributed by atoms with Gasteiger partial charge in [0.15, 0.2) is 0 Å². The van der Waals surface area contributed by atoms with Crippen molar-refractivity contribution in [3.63, 3.8) is 0 Å². The van der Waals surface area contributed by atoms with Gasteiger partial charge in [-0.3, -0.25) is 4.68 Å². The highest BCUT2D eigenvalue weighted by molar-refractivity contribution is 5.09. The molecule has 0 fully saturated rings. The van der Waals surface area contributed by atoms with E-state index in [1.54, 1.807) is 0 Å². The van der Waals surface area contributed by atoms with Crippen molar-refractivity contribution in [1.82, 2.24) is 15.1 Å². The second-order valence-electron chi connectivity index (χ2n) is 5.35. The van der Waals surface area contributed by atoms with Crippen LogP contribution in [0.1, 0.15) is 38.6 Å². The first-order valence-electron chi connectivity index (χ1n) is 6.74. The van der Waals surface area contributed by atoms with Crippen LogP contribution in [0.15, 0.2) is 6.07 Å². The number of hydrogen-bond donors (Lipinski definition) is 1. The molecule has 1 aromatic rings. The van der Waals surface area contributed by atoms with Crippen LogP contribution in [0.25, 0.3) is 0 Å². The SMILES string of the molecule is CCn1nc(C)cc1CC(CNC)CC(C)C. The van der Waals surface area contributed by atoms with Crippen LogP contribution in [0.5, 0.6) is 0 Å². The van der Waals surface area contributed by atoms with E-state index in [-0.39, 0.29) is 0 Å². The molecule has 1 heterocycles. The summed E-state index contributed by atoms with van der Waals surface area (Å²) in [6, 6.07) is 2.23. The molecule has 1 N–H and O–H groups in total. The highest BCUT2D eigenvalue weighted by Gasteiger charge is 2.14. The topological polar surface area (TPSA) is 29.9 Å². The Bertz CT molecular complexity index is 328. The van der Waals surface area contributed by atoms with Crippen molar-refractivity contribution in [3.8, 4) is 0 Å². The molecular weight excluding hydrogens is 210 g/mol. The highest BCUT2D eigenvalue weighted by atomic mass is 15.3. The lowest BCUT2D eigenvalue weighted by molar-refractivity contribution is 0.385. The zero-order valence-corrected chi connectivity index (χ0v) is 12.0. The molecule has 0 spiro atoms. The van der Waals surface area contributed by atoms with Gasteiger partial charge < -0.3 is 5.32 Å². The maximum atomic E-state index is 4.52. The van der Waals surface area contributed by atoms with Gasteiger partial charge in [0.2, 0.25) is 0 Å². The van der Waals surface area contributed by atoms with Gasteiger partial charge in [0.05, 0.1) is 5.69 Å². The first-order chi connectivity index (χ1) is 8.06. The molecule has 0 aliphatic rings. The van der Waals surface area contributed by atoms with E-state index in [4.69, 9.17) is 0 Å². The molecule has 0 aromatic carbocycles. The van der Waals surface area contributed by atoms with Crippen LogP contribution in [0.4, 0.5) is 0 Å². The van der Waals surface area contributed by atoms with Gasteiger partial charge in [0.1, 0.15) is 0 Å². The van der Waals surface area contributed by atoms with Crippen molar-refractivity contribution in [2.45, 2.75) is 47.1 Å². The molecule has 0 amide bonds. The Balaban J connectivity index is 2.70. The smallest absolute Gasteiger partial charge is 0.0596 e. The van der Waals surface area contributed by atoms with Gasteiger partial charge in [0, 0.05) is 12.2 Å². The van der Waals surface area contributed by atoms with E-state index >= 15 is 0 Å². The van der Waals surface area contributed by atoms with Crippen LogP contribution in [0.3, 0.4) is 0 Å². The average Bonchev–Trinajstić information content (AvgIpc) is 2.58. The third-order valence-electron chi connectivity index (χ3n) is 3.08. The standard InChI is InChI=1S/C14H27N3/c1-6-17-14(8-12(4)16-17)9-13(10-15-5)7-11(2)3/h8,11,13,15H,6-7,9-10H2,1-5H3. The molecule has 1 rings (SSSR count). The van der Waals surface area contributed by atoms with Crippen LogP contribution < -0.4 is 5.32 Å². The molecule has 3 heteroatoms. The van der Waals surface area contributed by atoms with Crippen molar-refractivity contribution in [2.24, 2.45) is 11.8 Å². The predicted octanol–water partition coefficient (Wildman–Crippen LogP) is 2.64. The molecule has 0 saturated carbocycles. The van der Waals surface area contributed by atoms with E-state index in [1.165, 1.54) is 12.1 Å². The Morgan fingerprint density at radius 3 is 2.65 bits per heavy atom. The molecule has 3 nitrogen and oxygen atoms in total. The van der Waals surface area contributed by atoms with Gasteiger partial charge in [0.25, 0.3) is 0 Å². The van der Waals surface area contributed by atoms with Crippen LogP contribution in [-0.4, -0.2) is 23.4 Å². The third kappa shape index (κ3) is 4.50. The molecule has 1 unspecified atom stereocenters. The number of nitrogens with one attached hydrogen (secondary N) is 1. The minimum absolute atomic E-state index is 0.710. The van der Waals surface area contributed by atoms with Crippen LogP contribution in [0, 0.1) is 18.8 Å². The Kier molecular flexibility index (Phi) is 5.69. The van der Waals surface area contributed by atoms with E-state index in [9.17, 15) is 0 Å². The molecular formula is C14H27N3. The summed E-state index contributed by atoms with van der Waals surface area (Å²) in [6.45, 7) is 10.9. The van der Waals surface area contributed by atoms with Crippen molar-refractivity contribution in [3.05, 3.63) is 17.5 Å². The molecule has 0 bridgehead atoms. The Morgan fingerprint density at radius 2 is 2.12 bits per heavy atom. The van der Waals surface area contributed by atoms with Crippen LogP contribution in [0.2, 0.25) is 0 Å². The summed E-state index contributed by atoms with van der Waals surface area (Å²) in [6.07, 6.45) is 2.41. The van der Waals surface area contributed by atoms with Crippen molar-refractivity contribution in [2.75, 3.05) is 13.6 Å². The summed E-state index contributed by atoms with van der Waals surface area (Å²) in [5.41, 5.74) is 2.51. The second-order valence-corrected chi connectivity index (χ2v) is 5.35. The maximum absolute atomic E-state index is 4.52. The minimum atomic E-state index is 0.710. The summed E-state index contributed by atoms with van der Waals surface area (Å²) in [5, 5.41) is 7.83. The Labute approximate surface area is 106 Å². The molecule has 0 aliphatic carbocycles. The summed E-state index contributed by atoms with van der Waals surface area (Å²) < 4.78 is 2.14. The fourth-order valence-corrected chi connectivity index (χ4v) is 2.53. The van der Waals surface area contributed by atoms with Gasteiger partial charge in [-0.15, -0.1) is 0 Å². The van der Waals surface area contributed by atoms with Gasteiger partial charge in [-0.25, -0.2) is 0 Å². The minimum Gasteiger partial charge on any atom is -0.319 e. The van der Waals surface area contributed by atoms with Gasteiger partial charge in [-0.1, -0.05) is 13.8 Å². The van der Waals surface area contributed by atoms with E-state index in [2.05, 4.69) is 48.9 Å². The Hall–Kier alpha value is -0.830. The van der Waals surface area contributed by atoms with Crippen LogP contribution in [-0.2, 0) is 13.0 Å². The molecule has 0 saturated heterocycles. The van der Waals surface area contributed by atoms with Crippen molar-refractivity contribution >= 4 is 0 Å². The van der Waals surface area contributed by atoms with Crippen molar-refractivity contribution in [1.29, 1.82) is 0 Å². The van der Waals surface area contributed by atoms with E-state index in [1.807, 2.05) is 7.05 Å². The normalized spacial score (nSPS) is 13.3. The summed E-state index contributed by atoms with van der Waals surface area (Å²) >= 11 is 0. The zero-order chi connectivity index (χ0) is 12.8. The van der Waals surface area contributed by atoms with Gasteiger partial charge in [-0.05, 0) is 58.2 Å². The summed E-state index contributed by atoms with van der Waals surface area (Å²) in [5.74, 6) is 1.47. The van der Waals surface area contributed by atoms with E-state index < -0.39 is 0 Å². The number of aryl methyl sites for hydroxylation is 2. The second kappa shape index (κ2) is 6.80. The molecule has 98 valence electrons. The van der Waals surface area contributed by atoms with E-state index in [0.29, 0.717) is 5.92 Å². The summed E-state index contributed by atoms with van der Waals surface area (Å²) in [4.78, 5) is 0. The Morgan fingerprint density at radius 1 is 1.41 bits per heavy atom. The van der Waals surface area contributed by atoms with Crippen LogP contribution >= 0.6 is 0 Å². The first kappa shape index (κ1) is 14.2. The first-order valence-corrected chi connectivity index (χ1v) is 6.74. The quantitative estimate of drug-likeness (QED) is 0.790. The lowest BCUT2D eigenvalue weighted by Gasteiger charge is -2.19. The van der Waals surface area contributed by atoms with Gasteiger partial charge in [-0.2, -0.15) is 5.10 Å². The number of aromatic nitrogens is 2.